The second kappa shape index (κ2) is 8.42. The monoisotopic (exact) mass is 340 g/mol. The van der Waals surface area contributed by atoms with E-state index in [9.17, 15) is 4.79 Å². The molecular formula is C20H24N2O3. The van der Waals surface area contributed by atoms with E-state index in [-0.39, 0.29) is 12.5 Å². The minimum Gasteiger partial charge on any atom is -0.493 e. The Kier molecular flexibility index (Phi) is 5.77. The van der Waals surface area contributed by atoms with Crippen molar-refractivity contribution in [2.75, 3.05) is 31.7 Å². The number of carbonyl (C=O) groups is 1. The van der Waals surface area contributed by atoms with E-state index in [4.69, 9.17) is 9.47 Å². The van der Waals surface area contributed by atoms with Gasteiger partial charge in [-0.3, -0.25) is 4.79 Å². The highest BCUT2D eigenvalue weighted by molar-refractivity contribution is 5.77. The number of hydrogen-bond acceptors (Lipinski definition) is 4. The van der Waals surface area contributed by atoms with E-state index < -0.39 is 0 Å². The topological polar surface area (TPSA) is 50.8 Å². The fraction of sp³-hybridized carbons (Fsp3) is 0.350. The standard InChI is InChI=1S/C20H24N2O3/c1-24-18-11-5-6-12-19(18)25-15-20(23)21-14-17-10-7-13-22(17)16-8-3-2-4-9-16/h2-6,8-9,11-12,17H,7,10,13-15H2,1H3,(H,21,23)/t17-/m0/s1. The molecule has 2 aromatic carbocycles. The fourth-order valence-corrected chi connectivity index (χ4v) is 3.17. The van der Waals surface area contributed by atoms with Crippen LogP contribution in [0.15, 0.2) is 54.6 Å². The van der Waals surface area contributed by atoms with Crippen LogP contribution in [0.2, 0.25) is 0 Å². The van der Waals surface area contributed by atoms with Gasteiger partial charge in [-0.1, -0.05) is 30.3 Å². The Morgan fingerprint density at radius 1 is 1.12 bits per heavy atom. The summed E-state index contributed by atoms with van der Waals surface area (Å²) in [5, 5.41) is 2.99. The number of methoxy groups -OCH3 is 1. The molecule has 3 rings (SSSR count). The molecule has 0 aliphatic carbocycles. The lowest BCUT2D eigenvalue weighted by Crippen LogP contribution is -2.41. The van der Waals surface area contributed by atoms with E-state index in [0.717, 1.165) is 19.4 Å². The van der Waals surface area contributed by atoms with E-state index in [1.807, 2.05) is 36.4 Å². The second-order valence-electron chi connectivity index (χ2n) is 6.07. The Morgan fingerprint density at radius 3 is 2.60 bits per heavy atom. The Bertz CT molecular complexity index is 690. The number of para-hydroxylation sites is 3. The van der Waals surface area contributed by atoms with Crippen LogP contribution in [-0.2, 0) is 4.79 Å². The van der Waals surface area contributed by atoms with Gasteiger partial charge in [0.25, 0.3) is 5.91 Å². The highest BCUT2D eigenvalue weighted by atomic mass is 16.5. The molecule has 0 saturated carbocycles. The number of anilines is 1. The predicted molar refractivity (Wildman–Crippen MR) is 98.3 cm³/mol. The molecule has 1 aliphatic heterocycles. The van der Waals surface area contributed by atoms with Gasteiger partial charge < -0.3 is 19.7 Å². The molecule has 5 heteroatoms. The van der Waals surface area contributed by atoms with Gasteiger partial charge in [-0.05, 0) is 37.1 Å². The zero-order valence-corrected chi connectivity index (χ0v) is 14.5. The van der Waals surface area contributed by atoms with E-state index in [1.54, 1.807) is 13.2 Å². The summed E-state index contributed by atoms with van der Waals surface area (Å²) in [4.78, 5) is 14.5. The molecule has 0 aromatic heterocycles. The number of nitrogens with zero attached hydrogens (tertiary/aromatic N) is 1. The molecule has 1 amide bonds. The quantitative estimate of drug-likeness (QED) is 0.842. The summed E-state index contributed by atoms with van der Waals surface area (Å²) >= 11 is 0. The normalized spacial score (nSPS) is 16.5. The maximum absolute atomic E-state index is 12.1. The molecule has 132 valence electrons. The van der Waals surface area contributed by atoms with Crippen LogP contribution in [0.3, 0.4) is 0 Å². The molecule has 1 saturated heterocycles. The average Bonchev–Trinajstić information content (AvgIpc) is 3.14. The number of carbonyl (C=O) groups excluding carboxylic acids is 1. The zero-order valence-electron chi connectivity index (χ0n) is 14.5. The van der Waals surface area contributed by atoms with Crippen molar-refractivity contribution in [3.05, 3.63) is 54.6 Å². The summed E-state index contributed by atoms with van der Waals surface area (Å²) in [7, 11) is 1.58. The van der Waals surface area contributed by atoms with Crippen molar-refractivity contribution >= 4 is 11.6 Å². The van der Waals surface area contributed by atoms with E-state index in [2.05, 4.69) is 22.3 Å². The third-order valence-electron chi connectivity index (χ3n) is 4.43. The third-order valence-corrected chi connectivity index (χ3v) is 4.43. The molecule has 1 N–H and O–H groups in total. The molecule has 2 aromatic rings. The lowest BCUT2D eigenvalue weighted by Gasteiger charge is -2.27. The maximum Gasteiger partial charge on any atom is 0.258 e. The number of ether oxygens (including phenoxy) is 2. The summed E-state index contributed by atoms with van der Waals surface area (Å²) in [5.41, 5.74) is 1.21. The van der Waals surface area contributed by atoms with Gasteiger partial charge in [-0.25, -0.2) is 0 Å². The summed E-state index contributed by atoms with van der Waals surface area (Å²) in [6.07, 6.45) is 2.23. The van der Waals surface area contributed by atoms with E-state index in [0.29, 0.717) is 24.1 Å². The first kappa shape index (κ1) is 17.1. The fourth-order valence-electron chi connectivity index (χ4n) is 3.17. The molecule has 5 nitrogen and oxygen atoms in total. The summed E-state index contributed by atoms with van der Waals surface area (Å²) in [5.74, 6) is 1.08. The summed E-state index contributed by atoms with van der Waals surface area (Å²) in [6.45, 7) is 1.64. The van der Waals surface area contributed by atoms with Gasteiger partial charge in [0, 0.05) is 24.8 Å². The number of rotatable bonds is 7. The zero-order chi connectivity index (χ0) is 17.5. The molecule has 1 fully saturated rings. The molecule has 1 atom stereocenters. The Hall–Kier alpha value is -2.69. The first-order chi connectivity index (χ1) is 12.3. The molecule has 0 unspecified atom stereocenters. The largest absolute Gasteiger partial charge is 0.493 e. The van der Waals surface area contributed by atoms with E-state index >= 15 is 0 Å². The SMILES string of the molecule is COc1ccccc1OCC(=O)NC[C@@H]1CCCN1c1ccccc1. The molecule has 0 spiro atoms. The van der Waals surface area contributed by atoms with Crippen LogP contribution in [0.1, 0.15) is 12.8 Å². The van der Waals surface area contributed by atoms with Gasteiger partial charge in [0.2, 0.25) is 0 Å². The van der Waals surface area contributed by atoms with Crippen molar-refractivity contribution in [2.45, 2.75) is 18.9 Å². The van der Waals surface area contributed by atoms with Crippen LogP contribution >= 0.6 is 0 Å². The lowest BCUT2D eigenvalue weighted by atomic mass is 10.2. The van der Waals surface area contributed by atoms with Crippen molar-refractivity contribution in [1.82, 2.24) is 5.32 Å². The first-order valence-corrected chi connectivity index (χ1v) is 8.62. The van der Waals surface area contributed by atoms with Crippen LogP contribution in [0.25, 0.3) is 0 Å². The van der Waals surface area contributed by atoms with Crippen LogP contribution in [0.5, 0.6) is 11.5 Å². The molecule has 0 radical (unpaired) electrons. The van der Waals surface area contributed by atoms with E-state index in [1.165, 1.54) is 5.69 Å². The van der Waals surface area contributed by atoms with Crippen molar-refractivity contribution in [3.63, 3.8) is 0 Å². The van der Waals surface area contributed by atoms with Gasteiger partial charge in [0.15, 0.2) is 18.1 Å². The molecule has 1 aliphatic rings. The van der Waals surface area contributed by atoms with Crippen LogP contribution in [0, 0.1) is 0 Å². The molecular weight excluding hydrogens is 316 g/mol. The third kappa shape index (κ3) is 4.44. The molecule has 0 bridgehead atoms. The van der Waals surface area contributed by atoms with Crippen molar-refractivity contribution < 1.29 is 14.3 Å². The maximum atomic E-state index is 12.1. The van der Waals surface area contributed by atoms with Crippen LogP contribution < -0.4 is 19.7 Å². The number of hydrogen-bond donors (Lipinski definition) is 1. The first-order valence-electron chi connectivity index (χ1n) is 8.62. The van der Waals surface area contributed by atoms with Gasteiger partial charge in [0.05, 0.1) is 7.11 Å². The highest BCUT2D eigenvalue weighted by Crippen LogP contribution is 2.26. The smallest absolute Gasteiger partial charge is 0.258 e. The van der Waals surface area contributed by atoms with Crippen LogP contribution in [-0.4, -0.2) is 38.8 Å². The predicted octanol–water partition coefficient (Wildman–Crippen LogP) is 2.86. The van der Waals surface area contributed by atoms with Crippen molar-refractivity contribution in [1.29, 1.82) is 0 Å². The molecule has 1 heterocycles. The highest BCUT2D eigenvalue weighted by Gasteiger charge is 2.24. The summed E-state index contributed by atoms with van der Waals surface area (Å²) < 4.78 is 10.8. The number of nitrogens with one attached hydrogen (secondary N) is 1. The Balaban J connectivity index is 1.49. The van der Waals surface area contributed by atoms with Gasteiger partial charge in [-0.2, -0.15) is 0 Å². The number of benzene rings is 2. The molecule has 25 heavy (non-hydrogen) atoms. The minimum atomic E-state index is -0.120. The lowest BCUT2D eigenvalue weighted by molar-refractivity contribution is -0.123. The van der Waals surface area contributed by atoms with Gasteiger partial charge in [-0.15, -0.1) is 0 Å². The average molecular weight is 340 g/mol. The number of amides is 1. The van der Waals surface area contributed by atoms with Gasteiger partial charge >= 0.3 is 0 Å². The Morgan fingerprint density at radius 2 is 1.84 bits per heavy atom. The Labute approximate surface area is 148 Å². The summed E-state index contributed by atoms with van der Waals surface area (Å²) in [6, 6.07) is 18.0. The van der Waals surface area contributed by atoms with Crippen LogP contribution in [0.4, 0.5) is 5.69 Å². The van der Waals surface area contributed by atoms with Crippen molar-refractivity contribution in [2.24, 2.45) is 0 Å². The van der Waals surface area contributed by atoms with Crippen molar-refractivity contribution in [3.8, 4) is 11.5 Å². The van der Waals surface area contributed by atoms with Gasteiger partial charge in [0.1, 0.15) is 0 Å². The minimum absolute atomic E-state index is 0.0154. The second-order valence-corrected chi connectivity index (χ2v) is 6.07.